The van der Waals surface area contributed by atoms with Crippen molar-refractivity contribution >= 4 is 29.9 Å². The van der Waals surface area contributed by atoms with Gasteiger partial charge in [-0.3, -0.25) is 4.99 Å². The van der Waals surface area contributed by atoms with Crippen LogP contribution in [0.2, 0.25) is 0 Å². The van der Waals surface area contributed by atoms with E-state index in [0.29, 0.717) is 13.2 Å². The molecule has 0 saturated heterocycles. The minimum Gasteiger partial charge on any atom is -0.467 e. The molecule has 23 heavy (non-hydrogen) atoms. The summed E-state index contributed by atoms with van der Waals surface area (Å²) >= 11 is 0. The first-order chi connectivity index (χ1) is 10.5. The molecule has 0 bridgehead atoms. The lowest BCUT2D eigenvalue weighted by atomic mass is 10.1. The quantitative estimate of drug-likeness (QED) is 0.239. The number of aliphatic imine (C=N–C) groups is 1. The molecule has 0 aliphatic heterocycles. The second kappa shape index (κ2) is 12.6. The Kier molecular flexibility index (Phi) is 12.2. The van der Waals surface area contributed by atoms with Gasteiger partial charge in [0.1, 0.15) is 12.4 Å². The van der Waals surface area contributed by atoms with Crippen molar-refractivity contribution in [3.05, 3.63) is 24.2 Å². The fraction of sp³-hybridized carbons (Fsp3) is 0.688. The minimum atomic E-state index is 0. The summed E-state index contributed by atoms with van der Waals surface area (Å²) in [5.41, 5.74) is 0.143. The van der Waals surface area contributed by atoms with E-state index in [4.69, 9.17) is 9.15 Å². The Labute approximate surface area is 156 Å². The van der Waals surface area contributed by atoms with Gasteiger partial charge in [0.2, 0.25) is 0 Å². The van der Waals surface area contributed by atoms with Crippen molar-refractivity contribution in [3.63, 3.8) is 0 Å². The Morgan fingerprint density at radius 3 is 2.57 bits per heavy atom. The molecule has 0 aliphatic carbocycles. The van der Waals surface area contributed by atoms with Gasteiger partial charge in [0, 0.05) is 38.8 Å². The number of hydrogen-bond acceptors (Lipinski definition) is 4. The zero-order valence-electron chi connectivity index (χ0n) is 14.6. The molecular weight excluding hydrogens is 407 g/mol. The predicted molar refractivity (Wildman–Crippen MR) is 106 cm³/mol. The second-order valence-electron chi connectivity index (χ2n) is 6.09. The molecule has 3 N–H and O–H groups in total. The number of ether oxygens (including phenoxy) is 1. The fourth-order valence-electron chi connectivity index (χ4n) is 1.79. The maximum Gasteiger partial charge on any atom is 0.191 e. The highest BCUT2D eigenvalue weighted by atomic mass is 127. The summed E-state index contributed by atoms with van der Waals surface area (Å²) < 4.78 is 10.7. The highest BCUT2D eigenvalue weighted by Gasteiger charge is 2.07. The molecule has 0 amide bonds. The summed E-state index contributed by atoms with van der Waals surface area (Å²) in [6, 6.07) is 3.78. The van der Waals surface area contributed by atoms with E-state index in [1.807, 2.05) is 12.1 Å². The Morgan fingerprint density at radius 1 is 1.22 bits per heavy atom. The van der Waals surface area contributed by atoms with Crippen LogP contribution in [0.3, 0.4) is 0 Å². The number of rotatable bonds is 9. The van der Waals surface area contributed by atoms with Gasteiger partial charge in [0.05, 0.1) is 6.26 Å². The van der Waals surface area contributed by atoms with E-state index in [1.165, 1.54) is 0 Å². The Hall–Kier alpha value is -0.800. The Bertz CT molecular complexity index is 416. The molecular formula is C16H31IN4O2. The van der Waals surface area contributed by atoms with Crippen molar-refractivity contribution in [1.29, 1.82) is 0 Å². The molecule has 0 aliphatic rings. The zero-order valence-corrected chi connectivity index (χ0v) is 17.0. The molecule has 1 rings (SSSR count). The molecule has 0 unspecified atom stereocenters. The third-order valence-electron chi connectivity index (χ3n) is 2.88. The van der Waals surface area contributed by atoms with Crippen molar-refractivity contribution in [1.82, 2.24) is 16.0 Å². The summed E-state index contributed by atoms with van der Waals surface area (Å²) in [7, 11) is 1.78. The normalized spacial score (nSPS) is 11.9. The first-order valence-corrected chi connectivity index (χ1v) is 7.81. The van der Waals surface area contributed by atoms with E-state index in [0.717, 1.165) is 37.8 Å². The monoisotopic (exact) mass is 438 g/mol. The standard InChI is InChI=1S/C16H30N4O2.HI/c1-16(2,3)20-10-9-19-15(17-4)18-8-6-11-21-13-14-7-5-12-22-14;/h5,7,12,20H,6,8-11,13H2,1-4H3,(H2,17,18,19);1H. The first kappa shape index (κ1) is 22.2. The number of hydrogen-bond donors (Lipinski definition) is 3. The third kappa shape index (κ3) is 12.3. The average Bonchev–Trinajstić information content (AvgIpc) is 2.97. The lowest BCUT2D eigenvalue weighted by Crippen LogP contribution is -2.44. The molecule has 6 nitrogen and oxygen atoms in total. The summed E-state index contributed by atoms with van der Waals surface area (Å²) in [6.07, 6.45) is 2.58. The van der Waals surface area contributed by atoms with Crippen molar-refractivity contribution < 1.29 is 9.15 Å². The van der Waals surface area contributed by atoms with Gasteiger partial charge in [-0.1, -0.05) is 0 Å². The van der Waals surface area contributed by atoms with Crippen LogP contribution >= 0.6 is 24.0 Å². The van der Waals surface area contributed by atoms with Gasteiger partial charge < -0.3 is 25.1 Å². The molecule has 0 saturated carbocycles. The second-order valence-corrected chi connectivity index (χ2v) is 6.09. The number of halogens is 1. The van der Waals surface area contributed by atoms with Crippen molar-refractivity contribution in [2.24, 2.45) is 4.99 Å². The van der Waals surface area contributed by atoms with Crippen LogP contribution in [0.1, 0.15) is 33.0 Å². The summed E-state index contributed by atoms with van der Waals surface area (Å²) in [6.45, 7) is 10.2. The number of nitrogens with zero attached hydrogens (tertiary/aromatic N) is 1. The first-order valence-electron chi connectivity index (χ1n) is 7.81. The molecule has 0 fully saturated rings. The van der Waals surface area contributed by atoms with Gasteiger partial charge in [0.25, 0.3) is 0 Å². The van der Waals surface area contributed by atoms with Gasteiger partial charge in [0.15, 0.2) is 5.96 Å². The molecule has 1 aromatic rings. The molecule has 134 valence electrons. The minimum absolute atomic E-state index is 0. The topological polar surface area (TPSA) is 70.8 Å². The summed E-state index contributed by atoms with van der Waals surface area (Å²) in [5, 5.41) is 9.97. The molecule has 0 aromatic carbocycles. The highest BCUT2D eigenvalue weighted by molar-refractivity contribution is 14.0. The van der Waals surface area contributed by atoms with Crippen molar-refractivity contribution in [2.45, 2.75) is 39.3 Å². The van der Waals surface area contributed by atoms with Crippen LogP contribution < -0.4 is 16.0 Å². The fourth-order valence-corrected chi connectivity index (χ4v) is 1.79. The van der Waals surface area contributed by atoms with E-state index in [2.05, 4.69) is 41.7 Å². The lowest BCUT2D eigenvalue weighted by molar-refractivity contribution is 0.105. The lowest BCUT2D eigenvalue weighted by Gasteiger charge is -2.21. The van der Waals surface area contributed by atoms with Crippen LogP contribution in [0.25, 0.3) is 0 Å². The van der Waals surface area contributed by atoms with E-state index < -0.39 is 0 Å². The van der Waals surface area contributed by atoms with Gasteiger partial charge in [-0.25, -0.2) is 0 Å². The molecule has 0 spiro atoms. The maximum atomic E-state index is 5.53. The van der Waals surface area contributed by atoms with Crippen LogP contribution in [0.4, 0.5) is 0 Å². The number of furan rings is 1. The highest BCUT2D eigenvalue weighted by Crippen LogP contribution is 2.01. The maximum absolute atomic E-state index is 5.53. The van der Waals surface area contributed by atoms with Crippen molar-refractivity contribution in [2.75, 3.05) is 33.3 Å². The van der Waals surface area contributed by atoms with Gasteiger partial charge >= 0.3 is 0 Å². The van der Waals surface area contributed by atoms with Crippen LogP contribution in [0, 0.1) is 0 Å². The SMILES string of the molecule is CN=C(NCCCOCc1ccco1)NCCNC(C)(C)C.I. The zero-order chi connectivity index (χ0) is 16.3. The van der Waals surface area contributed by atoms with Gasteiger partial charge in [-0.15, -0.1) is 24.0 Å². The van der Waals surface area contributed by atoms with E-state index in [-0.39, 0.29) is 29.5 Å². The van der Waals surface area contributed by atoms with E-state index >= 15 is 0 Å². The number of nitrogens with one attached hydrogen (secondary N) is 3. The smallest absolute Gasteiger partial charge is 0.191 e. The third-order valence-corrected chi connectivity index (χ3v) is 2.88. The summed E-state index contributed by atoms with van der Waals surface area (Å²) in [4.78, 5) is 4.19. The molecule has 1 heterocycles. The van der Waals surface area contributed by atoms with Crippen molar-refractivity contribution in [3.8, 4) is 0 Å². The average molecular weight is 438 g/mol. The molecule has 0 radical (unpaired) electrons. The Morgan fingerprint density at radius 2 is 1.96 bits per heavy atom. The van der Waals surface area contributed by atoms with E-state index in [1.54, 1.807) is 13.3 Å². The Balaban J connectivity index is 0.00000484. The largest absolute Gasteiger partial charge is 0.467 e. The van der Waals surface area contributed by atoms with Gasteiger partial charge in [-0.2, -0.15) is 0 Å². The number of guanidine groups is 1. The molecule has 7 heteroatoms. The summed E-state index contributed by atoms with van der Waals surface area (Å²) in [5.74, 6) is 1.68. The van der Waals surface area contributed by atoms with Crippen LogP contribution in [0.5, 0.6) is 0 Å². The van der Waals surface area contributed by atoms with E-state index in [9.17, 15) is 0 Å². The van der Waals surface area contributed by atoms with Crippen LogP contribution in [-0.4, -0.2) is 44.8 Å². The van der Waals surface area contributed by atoms with Gasteiger partial charge in [-0.05, 0) is 39.3 Å². The molecule has 0 atom stereocenters. The predicted octanol–water partition coefficient (Wildman–Crippen LogP) is 2.36. The van der Waals surface area contributed by atoms with Crippen LogP contribution in [-0.2, 0) is 11.3 Å². The van der Waals surface area contributed by atoms with Crippen LogP contribution in [0.15, 0.2) is 27.8 Å². The molecule has 1 aromatic heterocycles.